The molecule has 0 bridgehead atoms. The molecule has 0 heterocycles. The van der Waals surface area contributed by atoms with Crippen LogP contribution in [-0.2, 0) is 0 Å². The summed E-state index contributed by atoms with van der Waals surface area (Å²) in [6, 6.07) is 0. The van der Waals surface area contributed by atoms with Crippen LogP contribution in [0.15, 0.2) is 70.8 Å². The highest BCUT2D eigenvalue weighted by Crippen LogP contribution is 2.23. The van der Waals surface area contributed by atoms with Crippen LogP contribution in [0.5, 0.6) is 0 Å². The van der Waals surface area contributed by atoms with Crippen molar-refractivity contribution in [2.75, 3.05) is 0 Å². The standard InChI is InChI=1S/C16H19BO/c1-12-9-10-14(11-15(18)16(12)17)13-7-5-3-2-4-6-8-13/h2-3,5,7-11,15,18H,4,6,17H2,1H3/b3-2-,7-5-,13-8?. The van der Waals surface area contributed by atoms with E-state index in [0.29, 0.717) is 0 Å². The predicted octanol–water partition coefficient (Wildman–Crippen LogP) is 2.58. The van der Waals surface area contributed by atoms with Crippen molar-refractivity contribution < 1.29 is 5.11 Å². The first-order valence-corrected chi connectivity index (χ1v) is 6.47. The summed E-state index contributed by atoms with van der Waals surface area (Å²) in [6.07, 6.45) is 18.4. The van der Waals surface area contributed by atoms with Gasteiger partial charge in [0.1, 0.15) is 7.85 Å². The first kappa shape index (κ1) is 12.9. The van der Waals surface area contributed by atoms with E-state index in [0.717, 1.165) is 29.5 Å². The van der Waals surface area contributed by atoms with Crippen LogP contribution in [0.3, 0.4) is 0 Å². The molecule has 92 valence electrons. The maximum atomic E-state index is 10.1. The smallest absolute Gasteiger partial charge is 0.138 e. The minimum absolute atomic E-state index is 0.481. The van der Waals surface area contributed by atoms with Crippen molar-refractivity contribution in [2.45, 2.75) is 25.9 Å². The number of allylic oxidation sites excluding steroid dienone is 10. The zero-order valence-corrected chi connectivity index (χ0v) is 11.1. The quantitative estimate of drug-likeness (QED) is 0.696. The number of aliphatic hydroxyl groups is 1. The van der Waals surface area contributed by atoms with Gasteiger partial charge in [-0.2, -0.15) is 0 Å². The molecule has 0 radical (unpaired) electrons. The van der Waals surface area contributed by atoms with Gasteiger partial charge >= 0.3 is 0 Å². The van der Waals surface area contributed by atoms with Gasteiger partial charge in [0.15, 0.2) is 0 Å². The van der Waals surface area contributed by atoms with Crippen LogP contribution in [0.4, 0.5) is 0 Å². The second-order valence-electron chi connectivity index (χ2n) is 4.79. The summed E-state index contributed by atoms with van der Waals surface area (Å²) < 4.78 is 0. The van der Waals surface area contributed by atoms with Crippen molar-refractivity contribution in [3.05, 3.63) is 70.8 Å². The number of hydrogen-bond acceptors (Lipinski definition) is 1. The van der Waals surface area contributed by atoms with Crippen molar-refractivity contribution in [2.24, 2.45) is 0 Å². The Bertz CT molecular complexity index is 501. The van der Waals surface area contributed by atoms with Crippen LogP contribution in [0.1, 0.15) is 19.8 Å². The summed E-state index contributed by atoms with van der Waals surface area (Å²) in [5, 5.41) is 10.1. The summed E-state index contributed by atoms with van der Waals surface area (Å²) >= 11 is 0. The highest BCUT2D eigenvalue weighted by molar-refractivity contribution is 6.23. The molecule has 0 saturated heterocycles. The van der Waals surface area contributed by atoms with Crippen LogP contribution in [-0.4, -0.2) is 19.1 Å². The molecule has 2 heteroatoms. The second kappa shape index (κ2) is 5.88. The van der Waals surface area contributed by atoms with Crippen molar-refractivity contribution >= 4 is 7.85 Å². The Hall–Kier alpha value is -1.54. The molecule has 0 aromatic rings. The fourth-order valence-electron chi connectivity index (χ4n) is 2.07. The molecule has 1 nitrogen and oxygen atoms in total. The summed E-state index contributed by atoms with van der Waals surface area (Å²) in [4.78, 5) is 0. The Labute approximate surface area is 110 Å². The summed E-state index contributed by atoms with van der Waals surface area (Å²) in [5.74, 6) is 0. The van der Waals surface area contributed by atoms with E-state index in [4.69, 9.17) is 0 Å². The van der Waals surface area contributed by atoms with E-state index >= 15 is 0 Å². The van der Waals surface area contributed by atoms with Gasteiger partial charge in [-0.3, -0.25) is 0 Å². The van der Waals surface area contributed by atoms with E-state index in [1.807, 2.05) is 20.8 Å². The maximum Gasteiger partial charge on any atom is 0.138 e. The Balaban J connectivity index is 2.32. The van der Waals surface area contributed by atoms with Crippen molar-refractivity contribution in [1.29, 1.82) is 0 Å². The molecule has 1 unspecified atom stereocenters. The molecule has 0 saturated carbocycles. The molecular formula is C16H19BO. The lowest BCUT2D eigenvalue weighted by Crippen LogP contribution is -2.08. The summed E-state index contributed by atoms with van der Waals surface area (Å²) in [6.45, 7) is 2.04. The highest BCUT2D eigenvalue weighted by Gasteiger charge is 2.11. The van der Waals surface area contributed by atoms with Gasteiger partial charge in [-0.1, -0.05) is 53.6 Å². The molecular weight excluding hydrogens is 219 g/mol. The minimum atomic E-state index is -0.481. The van der Waals surface area contributed by atoms with Crippen LogP contribution in [0.2, 0.25) is 0 Å². The van der Waals surface area contributed by atoms with E-state index in [1.54, 1.807) is 0 Å². The van der Waals surface area contributed by atoms with Gasteiger partial charge in [-0.25, -0.2) is 0 Å². The maximum absolute atomic E-state index is 10.1. The Kier molecular flexibility index (Phi) is 4.21. The average molecular weight is 238 g/mol. The molecule has 1 atom stereocenters. The summed E-state index contributed by atoms with van der Waals surface area (Å²) in [5.41, 5.74) is 4.46. The number of rotatable bonds is 1. The van der Waals surface area contributed by atoms with Crippen molar-refractivity contribution in [3.8, 4) is 0 Å². The van der Waals surface area contributed by atoms with E-state index in [2.05, 4.69) is 42.5 Å². The molecule has 0 amide bonds. The lowest BCUT2D eigenvalue weighted by atomic mass is 9.86. The fraction of sp³-hybridized carbons (Fsp3) is 0.250. The van der Waals surface area contributed by atoms with Gasteiger partial charge in [0, 0.05) is 0 Å². The molecule has 2 aliphatic carbocycles. The zero-order valence-electron chi connectivity index (χ0n) is 11.1. The number of aliphatic hydroxyl groups excluding tert-OH is 1. The van der Waals surface area contributed by atoms with Gasteiger partial charge in [0.2, 0.25) is 0 Å². The largest absolute Gasteiger partial charge is 0.385 e. The number of hydrogen-bond donors (Lipinski definition) is 1. The fourth-order valence-corrected chi connectivity index (χ4v) is 2.07. The van der Waals surface area contributed by atoms with Crippen LogP contribution in [0, 0.1) is 0 Å². The van der Waals surface area contributed by atoms with Crippen LogP contribution >= 0.6 is 0 Å². The normalized spacial score (nSPS) is 27.8. The van der Waals surface area contributed by atoms with Gasteiger partial charge in [0.25, 0.3) is 0 Å². The Morgan fingerprint density at radius 1 is 1.11 bits per heavy atom. The SMILES string of the molecule is BC1=C(C)C=CC(C2=CCC/C=C\C=C/2)=CC1O. The monoisotopic (exact) mass is 238 g/mol. The first-order chi connectivity index (χ1) is 8.68. The summed E-state index contributed by atoms with van der Waals surface area (Å²) in [7, 11) is 1.98. The van der Waals surface area contributed by atoms with Gasteiger partial charge in [-0.05, 0) is 37.0 Å². The molecule has 1 N–H and O–H groups in total. The van der Waals surface area contributed by atoms with E-state index in [1.165, 1.54) is 5.57 Å². The van der Waals surface area contributed by atoms with Crippen molar-refractivity contribution in [3.63, 3.8) is 0 Å². The van der Waals surface area contributed by atoms with E-state index in [9.17, 15) is 5.11 Å². The molecule has 0 spiro atoms. The molecule has 0 aliphatic heterocycles. The van der Waals surface area contributed by atoms with E-state index < -0.39 is 6.10 Å². The van der Waals surface area contributed by atoms with Crippen molar-refractivity contribution in [1.82, 2.24) is 0 Å². The van der Waals surface area contributed by atoms with Crippen LogP contribution < -0.4 is 0 Å². The lowest BCUT2D eigenvalue weighted by molar-refractivity contribution is 0.266. The molecule has 2 aliphatic rings. The zero-order chi connectivity index (χ0) is 13.0. The third-order valence-electron chi connectivity index (χ3n) is 3.47. The van der Waals surface area contributed by atoms with Gasteiger partial charge in [0.05, 0.1) is 6.10 Å². The third kappa shape index (κ3) is 3.02. The third-order valence-corrected chi connectivity index (χ3v) is 3.47. The Morgan fingerprint density at radius 3 is 2.78 bits per heavy atom. The Morgan fingerprint density at radius 2 is 1.94 bits per heavy atom. The first-order valence-electron chi connectivity index (χ1n) is 6.47. The second-order valence-corrected chi connectivity index (χ2v) is 4.79. The molecule has 0 aromatic heterocycles. The minimum Gasteiger partial charge on any atom is -0.385 e. The molecule has 0 fully saturated rings. The average Bonchev–Trinajstić information content (AvgIpc) is 2.43. The predicted molar refractivity (Wildman–Crippen MR) is 80.1 cm³/mol. The van der Waals surface area contributed by atoms with E-state index in [-0.39, 0.29) is 0 Å². The van der Waals surface area contributed by atoms with Gasteiger partial charge < -0.3 is 5.11 Å². The van der Waals surface area contributed by atoms with Gasteiger partial charge in [-0.15, -0.1) is 0 Å². The highest BCUT2D eigenvalue weighted by atomic mass is 16.3. The molecule has 0 aromatic carbocycles. The van der Waals surface area contributed by atoms with Crippen LogP contribution in [0.25, 0.3) is 0 Å². The topological polar surface area (TPSA) is 20.2 Å². The molecule has 2 rings (SSSR count). The lowest BCUT2D eigenvalue weighted by Gasteiger charge is -2.09. The molecule has 18 heavy (non-hydrogen) atoms.